The van der Waals surface area contributed by atoms with E-state index >= 15 is 0 Å². The lowest BCUT2D eigenvalue weighted by molar-refractivity contribution is 0.495. The Morgan fingerprint density at radius 1 is 1.29 bits per heavy atom. The molecular formula is C11H14ClN5. The second-order valence-electron chi connectivity index (χ2n) is 4.00. The summed E-state index contributed by atoms with van der Waals surface area (Å²) in [6.45, 7) is 4.04. The standard InChI is InChI=1S/C11H14ClN5/c1-7(2)17-10(8(12)6-16-17)9(13)11-14-4-3-5-15-11/h3-7,9H,13H2,1-2H3. The zero-order valence-corrected chi connectivity index (χ0v) is 10.5. The minimum absolute atomic E-state index is 0.187. The largest absolute Gasteiger partial charge is 0.316 e. The Hall–Kier alpha value is -1.46. The van der Waals surface area contributed by atoms with E-state index in [0.717, 1.165) is 5.69 Å². The summed E-state index contributed by atoms with van der Waals surface area (Å²) in [7, 11) is 0. The number of aromatic nitrogens is 4. The van der Waals surface area contributed by atoms with Crippen molar-refractivity contribution in [1.82, 2.24) is 19.7 Å². The fraction of sp³-hybridized carbons (Fsp3) is 0.364. The highest BCUT2D eigenvalue weighted by molar-refractivity contribution is 6.31. The molecule has 17 heavy (non-hydrogen) atoms. The van der Waals surface area contributed by atoms with Gasteiger partial charge in [-0.15, -0.1) is 0 Å². The molecule has 90 valence electrons. The van der Waals surface area contributed by atoms with E-state index in [4.69, 9.17) is 17.3 Å². The molecule has 0 radical (unpaired) electrons. The highest BCUT2D eigenvalue weighted by Gasteiger charge is 2.21. The minimum Gasteiger partial charge on any atom is -0.316 e. The molecule has 1 unspecified atom stereocenters. The Kier molecular flexibility index (Phi) is 3.40. The second kappa shape index (κ2) is 4.81. The monoisotopic (exact) mass is 251 g/mol. The summed E-state index contributed by atoms with van der Waals surface area (Å²) in [6.07, 6.45) is 4.91. The zero-order valence-electron chi connectivity index (χ0n) is 9.71. The lowest BCUT2D eigenvalue weighted by Gasteiger charge is -2.16. The molecule has 0 aliphatic carbocycles. The molecule has 2 aromatic rings. The summed E-state index contributed by atoms with van der Waals surface area (Å²) in [5.41, 5.74) is 6.87. The van der Waals surface area contributed by atoms with Gasteiger partial charge < -0.3 is 5.73 Å². The van der Waals surface area contributed by atoms with Gasteiger partial charge in [0.1, 0.15) is 6.04 Å². The first kappa shape index (κ1) is 12.0. The van der Waals surface area contributed by atoms with Crippen molar-refractivity contribution in [1.29, 1.82) is 0 Å². The highest BCUT2D eigenvalue weighted by Crippen LogP contribution is 2.26. The van der Waals surface area contributed by atoms with Crippen LogP contribution >= 0.6 is 11.6 Å². The van der Waals surface area contributed by atoms with Gasteiger partial charge in [0.25, 0.3) is 0 Å². The third-order valence-electron chi connectivity index (χ3n) is 2.43. The summed E-state index contributed by atoms with van der Waals surface area (Å²) in [5, 5.41) is 4.75. The van der Waals surface area contributed by atoms with Crippen LogP contribution in [0.4, 0.5) is 0 Å². The molecular weight excluding hydrogens is 238 g/mol. The molecule has 0 spiro atoms. The lowest BCUT2D eigenvalue weighted by atomic mass is 10.2. The Bertz CT molecular complexity index is 494. The van der Waals surface area contributed by atoms with Gasteiger partial charge in [-0.1, -0.05) is 11.6 Å². The second-order valence-corrected chi connectivity index (χ2v) is 4.41. The number of hydrogen-bond acceptors (Lipinski definition) is 4. The molecule has 2 aromatic heterocycles. The third kappa shape index (κ3) is 2.30. The van der Waals surface area contributed by atoms with Crippen LogP contribution in [0.3, 0.4) is 0 Å². The molecule has 1 atom stereocenters. The van der Waals surface area contributed by atoms with Crippen molar-refractivity contribution in [3.63, 3.8) is 0 Å². The lowest BCUT2D eigenvalue weighted by Crippen LogP contribution is -2.21. The van der Waals surface area contributed by atoms with Crippen molar-refractivity contribution in [2.45, 2.75) is 25.9 Å². The van der Waals surface area contributed by atoms with Crippen LogP contribution in [0.5, 0.6) is 0 Å². The van der Waals surface area contributed by atoms with Crippen molar-refractivity contribution in [2.24, 2.45) is 5.73 Å². The van der Waals surface area contributed by atoms with Crippen molar-refractivity contribution in [3.05, 3.63) is 41.2 Å². The summed E-state index contributed by atoms with van der Waals surface area (Å²) in [6, 6.07) is 1.47. The normalized spacial score (nSPS) is 13.0. The van der Waals surface area contributed by atoms with Crippen LogP contribution in [0.1, 0.15) is 37.4 Å². The van der Waals surface area contributed by atoms with Gasteiger partial charge in [-0.2, -0.15) is 5.10 Å². The minimum atomic E-state index is -0.464. The van der Waals surface area contributed by atoms with E-state index in [1.807, 2.05) is 13.8 Å². The maximum atomic E-state index is 6.13. The predicted octanol–water partition coefficient (Wildman–Crippen LogP) is 1.96. The van der Waals surface area contributed by atoms with Crippen LogP contribution in [-0.4, -0.2) is 19.7 Å². The summed E-state index contributed by atoms with van der Waals surface area (Å²) in [5.74, 6) is 0.539. The first-order chi connectivity index (χ1) is 8.11. The first-order valence-electron chi connectivity index (χ1n) is 5.36. The van der Waals surface area contributed by atoms with Crippen LogP contribution in [0.25, 0.3) is 0 Å². The molecule has 0 amide bonds. The fourth-order valence-corrected chi connectivity index (χ4v) is 1.89. The average Bonchev–Trinajstić information content (AvgIpc) is 2.71. The van der Waals surface area contributed by atoms with E-state index in [-0.39, 0.29) is 6.04 Å². The van der Waals surface area contributed by atoms with Gasteiger partial charge in [-0.05, 0) is 19.9 Å². The highest BCUT2D eigenvalue weighted by atomic mass is 35.5. The molecule has 0 saturated heterocycles. The summed E-state index contributed by atoms with van der Waals surface area (Å²) in [4.78, 5) is 8.28. The number of nitrogens with two attached hydrogens (primary N) is 1. The van der Waals surface area contributed by atoms with E-state index in [1.54, 1.807) is 29.3 Å². The Morgan fingerprint density at radius 2 is 1.94 bits per heavy atom. The van der Waals surface area contributed by atoms with Gasteiger partial charge in [-0.25, -0.2) is 9.97 Å². The topological polar surface area (TPSA) is 69.6 Å². The van der Waals surface area contributed by atoms with E-state index in [1.165, 1.54) is 0 Å². The molecule has 5 nitrogen and oxygen atoms in total. The van der Waals surface area contributed by atoms with E-state index in [0.29, 0.717) is 10.8 Å². The van der Waals surface area contributed by atoms with Crippen LogP contribution in [0.2, 0.25) is 5.02 Å². The van der Waals surface area contributed by atoms with Crippen LogP contribution in [0.15, 0.2) is 24.7 Å². The zero-order chi connectivity index (χ0) is 12.4. The van der Waals surface area contributed by atoms with E-state index < -0.39 is 6.04 Å². The first-order valence-corrected chi connectivity index (χ1v) is 5.74. The van der Waals surface area contributed by atoms with Gasteiger partial charge in [0, 0.05) is 18.4 Å². The van der Waals surface area contributed by atoms with Crippen LogP contribution in [-0.2, 0) is 0 Å². The van der Waals surface area contributed by atoms with Crippen molar-refractivity contribution < 1.29 is 0 Å². The Labute approximate surface area is 105 Å². The Balaban J connectivity index is 2.43. The maximum absolute atomic E-state index is 6.13. The number of hydrogen-bond donors (Lipinski definition) is 1. The number of nitrogens with zero attached hydrogens (tertiary/aromatic N) is 4. The van der Waals surface area contributed by atoms with E-state index in [2.05, 4.69) is 15.1 Å². The number of rotatable bonds is 3. The van der Waals surface area contributed by atoms with Crippen molar-refractivity contribution in [2.75, 3.05) is 0 Å². The molecule has 0 fully saturated rings. The average molecular weight is 252 g/mol. The molecule has 6 heteroatoms. The van der Waals surface area contributed by atoms with Gasteiger partial charge >= 0.3 is 0 Å². The molecule has 0 aliphatic heterocycles. The quantitative estimate of drug-likeness (QED) is 0.905. The smallest absolute Gasteiger partial charge is 0.151 e. The molecule has 2 rings (SSSR count). The predicted molar refractivity (Wildman–Crippen MR) is 65.7 cm³/mol. The van der Waals surface area contributed by atoms with Crippen LogP contribution < -0.4 is 5.73 Å². The van der Waals surface area contributed by atoms with Crippen molar-refractivity contribution >= 4 is 11.6 Å². The molecule has 0 saturated carbocycles. The van der Waals surface area contributed by atoms with E-state index in [9.17, 15) is 0 Å². The SMILES string of the molecule is CC(C)n1ncc(Cl)c1C(N)c1ncccn1. The van der Waals surface area contributed by atoms with Gasteiger partial charge in [0.05, 0.1) is 16.9 Å². The molecule has 2 heterocycles. The third-order valence-corrected chi connectivity index (χ3v) is 2.73. The Morgan fingerprint density at radius 3 is 2.53 bits per heavy atom. The van der Waals surface area contributed by atoms with Crippen molar-refractivity contribution in [3.8, 4) is 0 Å². The summed E-state index contributed by atoms with van der Waals surface area (Å²) < 4.78 is 1.80. The molecule has 0 bridgehead atoms. The maximum Gasteiger partial charge on any atom is 0.151 e. The summed E-state index contributed by atoms with van der Waals surface area (Å²) >= 11 is 6.11. The molecule has 2 N–H and O–H groups in total. The van der Waals surface area contributed by atoms with Gasteiger partial charge in [-0.3, -0.25) is 4.68 Å². The van der Waals surface area contributed by atoms with Gasteiger partial charge in [0.15, 0.2) is 5.82 Å². The van der Waals surface area contributed by atoms with Gasteiger partial charge in [0.2, 0.25) is 0 Å². The number of halogens is 1. The molecule has 0 aliphatic rings. The molecule has 0 aromatic carbocycles. The van der Waals surface area contributed by atoms with Crippen LogP contribution in [0, 0.1) is 0 Å². The fourth-order valence-electron chi connectivity index (χ4n) is 1.65.